The van der Waals surface area contributed by atoms with E-state index in [2.05, 4.69) is 180 Å². The Morgan fingerprint density at radius 3 is 1.19 bits per heavy atom. The first-order chi connectivity index (χ1) is 26.6. The molecular weight excluding hydrogens is 872 g/mol. The first kappa shape index (κ1) is 52.7. The van der Waals surface area contributed by atoms with Crippen molar-refractivity contribution in [2.24, 2.45) is 0 Å². The van der Waals surface area contributed by atoms with Crippen LogP contribution in [0.15, 0.2) is 97.1 Å². The molecule has 0 fully saturated rings. The molecule has 59 heavy (non-hydrogen) atoms. The van der Waals surface area contributed by atoms with Gasteiger partial charge in [-0.1, -0.05) is 155 Å². The summed E-state index contributed by atoms with van der Waals surface area (Å²) in [6.07, 6.45) is -2.14. The van der Waals surface area contributed by atoms with E-state index in [9.17, 15) is 13.2 Å². The third-order valence-corrected chi connectivity index (χ3v) is 14.4. The van der Waals surface area contributed by atoms with Gasteiger partial charge in [-0.2, -0.15) is 11.1 Å². The summed E-state index contributed by atoms with van der Waals surface area (Å²) in [5.41, 5.74) is 13.8. The number of halogens is 5. The van der Waals surface area contributed by atoms with Crippen molar-refractivity contribution in [3.05, 3.63) is 130 Å². The molecule has 7 heteroatoms. The third kappa shape index (κ3) is 13.8. The Morgan fingerprint density at radius 1 is 0.593 bits per heavy atom. The molecule has 0 radical (unpaired) electrons. The first-order valence-electron chi connectivity index (χ1n) is 20.8. The maximum atomic E-state index is 11.4. The van der Waals surface area contributed by atoms with Crippen LogP contribution in [0.2, 0.25) is 12.6 Å². The van der Waals surface area contributed by atoms with Crippen molar-refractivity contribution in [3.63, 3.8) is 0 Å². The Bertz CT molecular complexity index is 2100. The summed E-state index contributed by atoms with van der Waals surface area (Å²) >= 11 is 1.29. The van der Waals surface area contributed by atoms with Gasteiger partial charge in [-0.05, 0) is 57.8 Å². The summed E-state index contributed by atoms with van der Waals surface area (Å²) in [6.45, 7) is 29.4. The van der Waals surface area contributed by atoms with Gasteiger partial charge in [0.05, 0.1) is 0 Å². The van der Waals surface area contributed by atoms with Gasteiger partial charge in [0.25, 0.3) is 0 Å². The maximum Gasteiger partial charge on any atom is -1.00 e. The summed E-state index contributed by atoms with van der Waals surface area (Å²) < 4.78 is 34.3. The fraction of sp³-hybridized carbons (Fsp3) is 0.423. The van der Waals surface area contributed by atoms with Crippen LogP contribution in [0.25, 0.3) is 43.8 Å². The Hall–Kier alpha value is -2.43. The normalized spacial score (nSPS) is 12.7. The Kier molecular flexibility index (Phi) is 19.7. The Morgan fingerprint density at radius 2 is 0.932 bits per heavy atom. The minimum absolute atomic E-state index is 0. The van der Waals surface area contributed by atoms with Gasteiger partial charge < -0.3 is 24.8 Å². The van der Waals surface area contributed by atoms with E-state index in [-0.39, 0.29) is 35.6 Å². The fourth-order valence-corrected chi connectivity index (χ4v) is 9.42. The number of rotatable bonds is 8. The van der Waals surface area contributed by atoms with Crippen LogP contribution >= 0.6 is 0 Å². The van der Waals surface area contributed by atoms with E-state index >= 15 is 0 Å². The van der Waals surface area contributed by atoms with Gasteiger partial charge in [-0.25, -0.2) is 0 Å². The topological polar surface area (TPSA) is 0 Å². The third-order valence-electron chi connectivity index (χ3n) is 11.6. The second-order valence-corrected chi connectivity index (χ2v) is 26.5. The van der Waals surface area contributed by atoms with Crippen LogP contribution in [0, 0.1) is 13.8 Å². The number of alkyl halides is 3. The first-order valence-corrected chi connectivity index (χ1v) is 26.7. The van der Waals surface area contributed by atoms with E-state index in [1.807, 2.05) is 6.55 Å². The number of hydrogen-bond donors (Lipinski definition) is 0. The molecule has 0 spiro atoms. The van der Waals surface area contributed by atoms with Gasteiger partial charge in [0.2, 0.25) is 0 Å². The van der Waals surface area contributed by atoms with Crippen LogP contribution in [-0.4, -0.2) is 11.6 Å². The van der Waals surface area contributed by atoms with E-state index in [4.69, 9.17) is 0 Å². The fourth-order valence-electron chi connectivity index (χ4n) is 7.84. The minimum Gasteiger partial charge on any atom is -1.00 e. The van der Waals surface area contributed by atoms with E-state index in [1.54, 1.807) is 0 Å². The largest absolute Gasteiger partial charge is 1.00 e. The van der Waals surface area contributed by atoms with Crippen LogP contribution in [-0.2, 0) is 34.2 Å². The molecule has 318 valence electrons. The molecule has 2 atom stereocenters. The molecular formula is C52H65Cl2F3SiZr-2. The summed E-state index contributed by atoms with van der Waals surface area (Å²) in [4.78, 5) is 0. The number of benzene rings is 4. The van der Waals surface area contributed by atoms with Crippen molar-refractivity contribution in [3.8, 4) is 22.3 Å². The quantitative estimate of drug-likeness (QED) is 0.105. The monoisotopic (exact) mass is 934 g/mol. The van der Waals surface area contributed by atoms with E-state index in [0.717, 1.165) is 0 Å². The zero-order valence-electron chi connectivity index (χ0n) is 37.6. The molecule has 0 nitrogen and oxygen atoms in total. The van der Waals surface area contributed by atoms with E-state index in [0.29, 0.717) is 17.9 Å². The van der Waals surface area contributed by atoms with Gasteiger partial charge in [-0.3, -0.25) is 0 Å². The van der Waals surface area contributed by atoms with Crippen molar-refractivity contribution in [1.29, 1.82) is 0 Å². The molecule has 6 aromatic carbocycles. The maximum absolute atomic E-state index is 11.4. The van der Waals surface area contributed by atoms with Crippen LogP contribution in [0.1, 0.15) is 134 Å². The van der Waals surface area contributed by atoms with Crippen LogP contribution < -0.4 is 24.8 Å². The van der Waals surface area contributed by atoms with E-state index in [1.165, 1.54) is 113 Å². The van der Waals surface area contributed by atoms with Crippen molar-refractivity contribution in [2.75, 3.05) is 0 Å². The predicted molar refractivity (Wildman–Crippen MR) is 241 cm³/mol. The standard InChI is InChI=1S/2C24H29.C4H7F3Si.2ClH.Zr/c2*1-7-16(2)18-11-13-19(14-12-18)21-10-8-9-20-15-22(24(4,5)6)17(3)23(20)21;1-8-3-2-4(5,6)7;;;/h2*8-16H,7H2,1-6H3;2-3H2,1H3;2*1H;/q2*-1;;;;+2/p-2. The smallest absolute Gasteiger partial charge is 1.00 e. The minimum atomic E-state index is -3.93. The van der Waals surface area contributed by atoms with Gasteiger partial charge in [-0.15, -0.1) is 69.1 Å². The zero-order chi connectivity index (χ0) is 42.5. The second kappa shape index (κ2) is 22.1. The van der Waals surface area contributed by atoms with Crippen LogP contribution in [0.4, 0.5) is 13.2 Å². The molecule has 0 saturated heterocycles. The predicted octanol–water partition coefficient (Wildman–Crippen LogP) is 10.8. The average Bonchev–Trinajstić information content (AvgIpc) is 3.70. The van der Waals surface area contributed by atoms with Gasteiger partial charge >= 0.3 is 67.1 Å². The Balaban J connectivity index is 0.000000329. The average molecular weight is 937 g/mol. The van der Waals surface area contributed by atoms with Gasteiger partial charge in [0, 0.05) is 0 Å². The molecule has 0 aliphatic rings. The molecule has 0 N–H and O–H groups in total. The van der Waals surface area contributed by atoms with Gasteiger partial charge in [0.1, 0.15) is 0 Å². The van der Waals surface area contributed by atoms with Crippen LogP contribution in [0.5, 0.6) is 0 Å². The SMILES string of the molecule is CCC(C)c1ccc(-c2cccc3[cH-]c(C(C)(C)C)c(C)c23)cc1.CCC(C)c1ccc(-c2cccc3[cH-]c(C(C)(C)C)c(C)c23)cc1.C[Si](=[Zr+2])CCC(F)(F)F.[Cl-].[Cl-]. The summed E-state index contributed by atoms with van der Waals surface area (Å²) in [7, 11) is 0. The summed E-state index contributed by atoms with van der Waals surface area (Å²) in [5, 5.41) is 5.55. The summed E-state index contributed by atoms with van der Waals surface area (Å²) in [5.74, 6) is 1.26. The van der Waals surface area contributed by atoms with Crippen LogP contribution in [0.3, 0.4) is 0 Å². The second-order valence-electron chi connectivity index (χ2n) is 18.2. The molecule has 0 aliphatic carbocycles. The molecule has 0 bridgehead atoms. The van der Waals surface area contributed by atoms with Crippen molar-refractivity contribution in [1.82, 2.24) is 0 Å². The van der Waals surface area contributed by atoms with Crippen molar-refractivity contribution < 1.29 is 61.3 Å². The molecule has 0 aliphatic heterocycles. The number of fused-ring (bicyclic) bond motifs is 2. The molecule has 0 amide bonds. The molecule has 0 heterocycles. The van der Waals surface area contributed by atoms with Crippen molar-refractivity contribution >= 4 is 27.0 Å². The summed E-state index contributed by atoms with van der Waals surface area (Å²) in [6, 6.07) is 36.9. The molecule has 0 aromatic heterocycles. The number of aryl methyl sites for hydroxylation is 2. The zero-order valence-corrected chi connectivity index (χ0v) is 42.6. The molecule has 0 saturated carbocycles. The van der Waals surface area contributed by atoms with Crippen molar-refractivity contribution in [2.45, 2.75) is 144 Å². The molecule has 6 aromatic rings. The molecule has 6 rings (SSSR count). The Labute approximate surface area is 382 Å². The molecule has 2 unspecified atom stereocenters. The van der Waals surface area contributed by atoms with Gasteiger partial charge in [0.15, 0.2) is 0 Å². The number of hydrogen-bond acceptors (Lipinski definition) is 0. The van der Waals surface area contributed by atoms with E-state index < -0.39 is 18.0 Å².